The minimum atomic E-state index is -0.680. The largest absolute Gasteiger partial charge is 0.326 e. The van der Waals surface area contributed by atoms with Crippen molar-refractivity contribution in [2.75, 3.05) is 10.6 Å². The molecule has 142 valence electrons. The molecule has 3 aromatic rings. The third kappa shape index (κ3) is 4.67. The Bertz CT molecular complexity index is 1080. The van der Waals surface area contributed by atoms with E-state index in [1.807, 2.05) is 30.3 Å². The van der Waals surface area contributed by atoms with Crippen molar-refractivity contribution in [3.63, 3.8) is 0 Å². The molecule has 0 saturated carbocycles. The van der Waals surface area contributed by atoms with Gasteiger partial charge in [-0.15, -0.1) is 0 Å². The lowest BCUT2D eigenvalue weighted by Crippen LogP contribution is -2.26. The number of carbonyl (C=O) groups excluding carboxylic acids is 2. The molecule has 2 N–H and O–H groups in total. The molecule has 0 fully saturated rings. The summed E-state index contributed by atoms with van der Waals surface area (Å²) in [5, 5.41) is 8.98. The molecule has 0 aliphatic carbocycles. The minimum Gasteiger partial charge on any atom is -0.326 e. The molecule has 0 spiro atoms. The molecule has 1 heterocycles. The van der Waals surface area contributed by atoms with E-state index in [0.29, 0.717) is 5.69 Å². The Labute approximate surface area is 159 Å². The van der Waals surface area contributed by atoms with Crippen molar-refractivity contribution in [3.05, 3.63) is 88.1 Å². The SMILES string of the molecule is CC(=O)Nc1ccc(F)c(NC(=O)c2ccc(=O)n(Cc3ccccc3)n2)c1. The molecule has 3 rings (SSSR count). The van der Waals surface area contributed by atoms with Crippen molar-refractivity contribution in [1.29, 1.82) is 0 Å². The number of rotatable bonds is 5. The summed E-state index contributed by atoms with van der Waals surface area (Å²) in [7, 11) is 0. The highest BCUT2D eigenvalue weighted by molar-refractivity contribution is 6.03. The molecule has 0 saturated heterocycles. The van der Waals surface area contributed by atoms with Gasteiger partial charge in [0.05, 0.1) is 12.2 Å². The summed E-state index contributed by atoms with van der Waals surface area (Å²) in [4.78, 5) is 35.6. The van der Waals surface area contributed by atoms with Gasteiger partial charge in [0.15, 0.2) is 0 Å². The lowest BCUT2D eigenvalue weighted by molar-refractivity contribution is -0.114. The van der Waals surface area contributed by atoms with Gasteiger partial charge in [-0.3, -0.25) is 14.4 Å². The number of nitrogens with one attached hydrogen (secondary N) is 2. The smallest absolute Gasteiger partial charge is 0.276 e. The summed E-state index contributed by atoms with van der Waals surface area (Å²) >= 11 is 0. The maximum atomic E-state index is 14.0. The predicted molar refractivity (Wildman–Crippen MR) is 103 cm³/mol. The fraction of sp³-hybridized carbons (Fsp3) is 0.100. The Morgan fingerprint density at radius 2 is 1.79 bits per heavy atom. The Kier molecular flexibility index (Phi) is 5.59. The Morgan fingerprint density at radius 3 is 2.50 bits per heavy atom. The Hall–Kier alpha value is -3.81. The number of anilines is 2. The highest BCUT2D eigenvalue weighted by atomic mass is 19.1. The number of benzene rings is 2. The number of hydrogen-bond acceptors (Lipinski definition) is 4. The first-order valence-electron chi connectivity index (χ1n) is 8.43. The molecule has 0 unspecified atom stereocenters. The highest BCUT2D eigenvalue weighted by Gasteiger charge is 2.13. The molecule has 0 bridgehead atoms. The molecule has 2 amide bonds. The fourth-order valence-electron chi connectivity index (χ4n) is 2.53. The van der Waals surface area contributed by atoms with E-state index < -0.39 is 11.7 Å². The third-order valence-electron chi connectivity index (χ3n) is 3.81. The van der Waals surface area contributed by atoms with Crippen LogP contribution in [-0.4, -0.2) is 21.6 Å². The van der Waals surface area contributed by atoms with Crippen molar-refractivity contribution >= 4 is 23.2 Å². The first-order chi connectivity index (χ1) is 13.4. The van der Waals surface area contributed by atoms with Crippen molar-refractivity contribution in [3.8, 4) is 0 Å². The van der Waals surface area contributed by atoms with Crippen molar-refractivity contribution in [2.24, 2.45) is 0 Å². The molecule has 0 aliphatic heterocycles. The van der Waals surface area contributed by atoms with Crippen molar-refractivity contribution in [2.45, 2.75) is 13.5 Å². The number of amides is 2. The van der Waals surface area contributed by atoms with Crippen LogP contribution in [0.15, 0.2) is 65.5 Å². The van der Waals surface area contributed by atoms with E-state index in [9.17, 15) is 18.8 Å². The molecule has 7 nitrogen and oxygen atoms in total. The Morgan fingerprint density at radius 1 is 1.04 bits per heavy atom. The fourth-order valence-corrected chi connectivity index (χ4v) is 2.53. The Balaban J connectivity index is 1.82. The van der Waals surface area contributed by atoms with Crippen LogP contribution >= 0.6 is 0 Å². The standard InChI is InChI=1S/C20H17FN4O3/c1-13(26)22-15-7-8-16(21)18(11-15)23-20(28)17-9-10-19(27)25(24-17)12-14-5-3-2-4-6-14/h2-11H,12H2,1H3,(H,22,26)(H,23,28). The summed E-state index contributed by atoms with van der Waals surface area (Å²) in [6.45, 7) is 1.52. The number of carbonyl (C=O) groups is 2. The second kappa shape index (κ2) is 8.26. The topological polar surface area (TPSA) is 93.1 Å². The van der Waals surface area contributed by atoms with Gasteiger partial charge in [-0.25, -0.2) is 9.07 Å². The zero-order chi connectivity index (χ0) is 20.1. The van der Waals surface area contributed by atoms with Crippen LogP contribution in [-0.2, 0) is 11.3 Å². The average molecular weight is 380 g/mol. The van der Waals surface area contributed by atoms with Gasteiger partial charge in [0.2, 0.25) is 5.91 Å². The second-order valence-corrected chi connectivity index (χ2v) is 6.03. The van der Waals surface area contributed by atoms with Gasteiger partial charge in [0.25, 0.3) is 11.5 Å². The molecule has 28 heavy (non-hydrogen) atoms. The second-order valence-electron chi connectivity index (χ2n) is 6.03. The van der Waals surface area contributed by atoms with Gasteiger partial charge in [-0.2, -0.15) is 5.10 Å². The molecule has 0 aliphatic rings. The van der Waals surface area contributed by atoms with E-state index in [1.54, 1.807) is 0 Å². The summed E-state index contributed by atoms with van der Waals surface area (Å²) < 4.78 is 15.2. The van der Waals surface area contributed by atoms with Crippen LogP contribution in [0.25, 0.3) is 0 Å². The minimum absolute atomic E-state index is 0.0418. The van der Waals surface area contributed by atoms with E-state index >= 15 is 0 Å². The lowest BCUT2D eigenvalue weighted by atomic mass is 10.2. The van der Waals surface area contributed by atoms with Crippen LogP contribution in [0.3, 0.4) is 0 Å². The number of halogens is 1. The monoisotopic (exact) mass is 380 g/mol. The normalized spacial score (nSPS) is 10.4. The zero-order valence-corrected chi connectivity index (χ0v) is 15.0. The molecule has 2 aromatic carbocycles. The van der Waals surface area contributed by atoms with Crippen LogP contribution in [0.1, 0.15) is 23.0 Å². The number of hydrogen-bond donors (Lipinski definition) is 2. The summed E-state index contributed by atoms with van der Waals surface area (Å²) in [6.07, 6.45) is 0. The van der Waals surface area contributed by atoms with Crippen LogP contribution in [0.4, 0.5) is 15.8 Å². The summed E-state index contributed by atoms with van der Waals surface area (Å²) in [5.74, 6) is -1.67. The van der Waals surface area contributed by atoms with Crippen LogP contribution in [0.5, 0.6) is 0 Å². The molecule has 0 radical (unpaired) electrons. The van der Waals surface area contributed by atoms with Gasteiger partial charge in [0.1, 0.15) is 11.5 Å². The van der Waals surface area contributed by atoms with Gasteiger partial charge >= 0.3 is 0 Å². The van der Waals surface area contributed by atoms with E-state index in [1.165, 1.54) is 31.2 Å². The molecule has 0 atom stereocenters. The van der Waals surface area contributed by atoms with Crippen LogP contribution in [0, 0.1) is 5.82 Å². The maximum Gasteiger partial charge on any atom is 0.276 e. The number of aromatic nitrogens is 2. The van der Waals surface area contributed by atoms with E-state index in [-0.39, 0.29) is 29.4 Å². The van der Waals surface area contributed by atoms with E-state index in [4.69, 9.17) is 0 Å². The van der Waals surface area contributed by atoms with Gasteiger partial charge in [0, 0.05) is 18.7 Å². The van der Waals surface area contributed by atoms with E-state index in [2.05, 4.69) is 15.7 Å². The summed E-state index contributed by atoms with van der Waals surface area (Å²) in [5.41, 5.74) is 0.674. The maximum absolute atomic E-state index is 14.0. The zero-order valence-electron chi connectivity index (χ0n) is 15.0. The van der Waals surface area contributed by atoms with Gasteiger partial charge in [-0.1, -0.05) is 30.3 Å². The summed E-state index contributed by atoms with van der Waals surface area (Å²) in [6, 6.07) is 15.5. The van der Waals surface area contributed by atoms with Crippen molar-refractivity contribution in [1.82, 2.24) is 9.78 Å². The average Bonchev–Trinajstić information content (AvgIpc) is 2.66. The van der Waals surface area contributed by atoms with E-state index in [0.717, 1.165) is 16.3 Å². The van der Waals surface area contributed by atoms with Crippen LogP contribution < -0.4 is 16.2 Å². The quantitative estimate of drug-likeness (QED) is 0.712. The van der Waals surface area contributed by atoms with Gasteiger partial charge < -0.3 is 10.6 Å². The molecule has 8 heteroatoms. The lowest BCUT2D eigenvalue weighted by Gasteiger charge is -2.10. The number of nitrogens with zero attached hydrogens (tertiary/aromatic N) is 2. The molecular formula is C20H17FN4O3. The van der Waals surface area contributed by atoms with Crippen molar-refractivity contribution < 1.29 is 14.0 Å². The predicted octanol–water partition coefficient (Wildman–Crippen LogP) is 2.64. The highest BCUT2D eigenvalue weighted by Crippen LogP contribution is 2.20. The third-order valence-corrected chi connectivity index (χ3v) is 3.81. The first kappa shape index (κ1) is 19.0. The first-order valence-corrected chi connectivity index (χ1v) is 8.43. The van der Waals surface area contributed by atoms with Gasteiger partial charge in [-0.05, 0) is 29.8 Å². The molecular weight excluding hydrogens is 363 g/mol. The van der Waals surface area contributed by atoms with Crippen LogP contribution in [0.2, 0.25) is 0 Å². The molecule has 1 aromatic heterocycles.